The van der Waals surface area contributed by atoms with Crippen LogP contribution in [0.2, 0.25) is 15.1 Å². The summed E-state index contributed by atoms with van der Waals surface area (Å²) in [6, 6.07) is 12.5. The Morgan fingerprint density at radius 3 is 2.44 bits per heavy atom. The molecule has 2 rings (SSSR count). The minimum atomic E-state index is 0.555. The monoisotopic (exact) mass is 298 g/mol. The van der Waals surface area contributed by atoms with Crippen molar-refractivity contribution in [3.63, 3.8) is 0 Å². The van der Waals surface area contributed by atoms with Crippen molar-refractivity contribution in [3.05, 3.63) is 63.1 Å². The lowest BCUT2D eigenvalue weighted by molar-refractivity contribution is 1.35. The summed E-state index contributed by atoms with van der Waals surface area (Å²) in [5, 5.41) is 5.89. The normalized spacial score (nSPS) is 10.8. The van der Waals surface area contributed by atoms with E-state index in [1.165, 1.54) is 0 Å². The molecule has 18 heavy (non-hydrogen) atoms. The smallest absolute Gasteiger partial charge is 0.0576 e. The van der Waals surface area contributed by atoms with Gasteiger partial charge in [-0.15, -0.1) is 0 Å². The number of anilines is 1. The second-order valence-corrected chi connectivity index (χ2v) is 4.83. The van der Waals surface area contributed by atoms with Crippen LogP contribution in [0, 0.1) is 0 Å². The maximum Gasteiger partial charge on any atom is 0.0576 e. The quantitative estimate of drug-likeness (QED) is 0.619. The maximum atomic E-state index is 6.01. The lowest BCUT2D eigenvalue weighted by atomic mass is 10.2. The van der Waals surface area contributed by atoms with E-state index in [-0.39, 0.29) is 0 Å². The predicted octanol–water partition coefficient (Wildman–Crippen LogP) is 5.09. The molecule has 0 fully saturated rings. The molecule has 2 nitrogen and oxygen atoms in total. The fourth-order valence-electron chi connectivity index (χ4n) is 1.34. The Labute approximate surface area is 120 Å². The molecule has 0 radical (unpaired) electrons. The summed E-state index contributed by atoms with van der Waals surface area (Å²) in [6.45, 7) is 0. The largest absolute Gasteiger partial charge is 0.278 e. The summed E-state index contributed by atoms with van der Waals surface area (Å²) in [5.74, 6) is 0. The molecule has 0 spiro atoms. The van der Waals surface area contributed by atoms with Gasteiger partial charge in [-0.2, -0.15) is 5.10 Å². The zero-order valence-corrected chi connectivity index (χ0v) is 11.5. The van der Waals surface area contributed by atoms with E-state index in [9.17, 15) is 0 Å². The molecule has 2 aromatic carbocycles. The predicted molar refractivity (Wildman–Crippen MR) is 79.1 cm³/mol. The number of hydrazone groups is 1. The maximum absolute atomic E-state index is 6.01. The Hall–Kier alpha value is -1.22. The molecule has 0 aliphatic rings. The molecule has 5 heteroatoms. The summed E-state index contributed by atoms with van der Waals surface area (Å²) in [5.41, 5.74) is 4.47. The van der Waals surface area contributed by atoms with E-state index in [1.54, 1.807) is 36.5 Å². The van der Waals surface area contributed by atoms with Crippen LogP contribution < -0.4 is 5.43 Å². The number of halogens is 3. The topological polar surface area (TPSA) is 24.4 Å². The van der Waals surface area contributed by atoms with Crippen molar-refractivity contribution in [2.24, 2.45) is 5.10 Å². The summed E-state index contributed by atoms with van der Waals surface area (Å²) in [7, 11) is 0. The van der Waals surface area contributed by atoms with Crippen molar-refractivity contribution in [2.45, 2.75) is 0 Å². The Morgan fingerprint density at radius 2 is 1.72 bits per heavy atom. The molecule has 0 atom stereocenters. The van der Waals surface area contributed by atoms with Gasteiger partial charge in [-0.3, -0.25) is 5.43 Å². The zero-order chi connectivity index (χ0) is 13.0. The molecule has 0 heterocycles. The summed E-state index contributed by atoms with van der Waals surface area (Å²) in [4.78, 5) is 0. The van der Waals surface area contributed by atoms with Crippen LogP contribution >= 0.6 is 34.8 Å². The molecule has 0 amide bonds. The average Bonchev–Trinajstić information content (AvgIpc) is 2.32. The molecule has 0 saturated carbocycles. The molecule has 0 unspecified atom stereocenters. The minimum absolute atomic E-state index is 0.555. The molecule has 0 aliphatic heterocycles. The number of nitrogens with zero attached hydrogens (tertiary/aromatic N) is 1. The fourth-order valence-corrected chi connectivity index (χ4v) is 1.99. The lowest BCUT2D eigenvalue weighted by Gasteiger charge is -2.01. The van der Waals surface area contributed by atoms with Gasteiger partial charge in [0.1, 0.15) is 0 Å². The van der Waals surface area contributed by atoms with Crippen LogP contribution in [0.15, 0.2) is 47.6 Å². The van der Waals surface area contributed by atoms with E-state index in [2.05, 4.69) is 10.5 Å². The SMILES string of the molecule is Clc1cccc(N/N=C\c2ccc(Cl)cc2Cl)c1. The highest BCUT2D eigenvalue weighted by Crippen LogP contribution is 2.19. The first-order valence-corrected chi connectivity index (χ1v) is 6.28. The Bertz CT molecular complexity index is 582. The number of nitrogens with one attached hydrogen (secondary N) is 1. The second kappa shape index (κ2) is 6.10. The van der Waals surface area contributed by atoms with Gasteiger partial charge in [-0.05, 0) is 30.3 Å². The summed E-state index contributed by atoms with van der Waals surface area (Å²) < 4.78 is 0. The van der Waals surface area contributed by atoms with Crippen molar-refractivity contribution in [1.82, 2.24) is 0 Å². The average molecular weight is 300 g/mol. The van der Waals surface area contributed by atoms with Crippen LogP contribution in [0.3, 0.4) is 0 Å². The first-order chi connectivity index (χ1) is 8.65. The fraction of sp³-hybridized carbons (Fsp3) is 0. The molecule has 2 aromatic rings. The lowest BCUT2D eigenvalue weighted by Crippen LogP contribution is -1.91. The molecule has 0 bridgehead atoms. The standard InChI is InChI=1S/C13H9Cl3N2/c14-10-2-1-3-12(6-10)18-17-8-9-4-5-11(15)7-13(9)16/h1-8,18H/b17-8-. The summed E-state index contributed by atoms with van der Waals surface area (Å²) >= 11 is 17.7. The third kappa shape index (κ3) is 3.64. The zero-order valence-electron chi connectivity index (χ0n) is 9.20. The van der Waals surface area contributed by atoms with Crippen LogP contribution in [0.5, 0.6) is 0 Å². The molecule has 0 aromatic heterocycles. The highest BCUT2D eigenvalue weighted by molar-refractivity contribution is 6.36. The van der Waals surface area contributed by atoms with Gasteiger partial charge in [0.25, 0.3) is 0 Å². The van der Waals surface area contributed by atoms with Crippen LogP contribution in [0.25, 0.3) is 0 Å². The van der Waals surface area contributed by atoms with E-state index >= 15 is 0 Å². The van der Waals surface area contributed by atoms with Gasteiger partial charge in [-0.25, -0.2) is 0 Å². The van der Waals surface area contributed by atoms with E-state index in [0.29, 0.717) is 15.1 Å². The Kier molecular flexibility index (Phi) is 4.48. The van der Waals surface area contributed by atoms with Gasteiger partial charge in [0.2, 0.25) is 0 Å². The first-order valence-electron chi connectivity index (χ1n) is 5.15. The Balaban J connectivity index is 2.07. The molecule has 0 saturated heterocycles. The first kappa shape index (κ1) is 13.2. The number of benzene rings is 2. The van der Waals surface area contributed by atoms with Crippen molar-refractivity contribution < 1.29 is 0 Å². The van der Waals surface area contributed by atoms with Gasteiger partial charge in [0.15, 0.2) is 0 Å². The highest BCUT2D eigenvalue weighted by atomic mass is 35.5. The third-order valence-electron chi connectivity index (χ3n) is 2.18. The third-order valence-corrected chi connectivity index (χ3v) is 2.98. The highest BCUT2D eigenvalue weighted by Gasteiger charge is 1.98. The second-order valence-electron chi connectivity index (χ2n) is 3.55. The molecular formula is C13H9Cl3N2. The number of hydrogen-bond acceptors (Lipinski definition) is 2. The van der Waals surface area contributed by atoms with Gasteiger partial charge in [0, 0.05) is 15.6 Å². The molecule has 1 N–H and O–H groups in total. The van der Waals surface area contributed by atoms with Gasteiger partial charge in [-0.1, -0.05) is 46.9 Å². The van der Waals surface area contributed by atoms with Gasteiger partial charge >= 0.3 is 0 Å². The van der Waals surface area contributed by atoms with Crippen molar-refractivity contribution >= 4 is 46.7 Å². The molecular weight excluding hydrogens is 291 g/mol. The van der Waals surface area contributed by atoms with Crippen LogP contribution in [0.1, 0.15) is 5.56 Å². The number of hydrogen-bond donors (Lipinski definition) is 1. The molecule has 92 valence electrons. The summed E-state index contributed by atoms with van der Waals surface area (Å²) in [6.07, 6.45) is 1.62. The van der Waals surface area contributed by atoms with Crippen molar-refractivity contribution in [1.29, 1.82) is 0 Å². The van der Waals surface area contributed by atoms with E-state index < -0.39 is 0 Å². The van der Waals surface area contributed by atoms with E-state index in [1.807, 2.05) is 12.1 Å². The van der Waals surface area contributed by atoms with Crippen molar-refractivity contribution in [2.75, 3.05) is 5.43 Å². The Morgan fingerprint density at radius 1 is 0.944 bits per heavy atom. The van der Waals surface area contributed by atoms with E-state index in [4.69, 9.17) is 34.8 Å². The van der Waals surface area contributed by atoms with Crippen LogP contribution in [-0.4, -0.2) is 6.21 Å². The van der Waals surface area contributed by atoms with Crippen molar-refractivity contribution in [3.8, 4) is 0 Å². The number of rotatable bonds is 3. The van der Waals surface area contributed by atoms with E-state index in [0.717, 1.165) is 11.3 Å². The van der Waals surface area contributed by atoms with Crippen LogP contribution in [0.4, 0.5) is 5.69 Å². The van der Waals surface area contributed by atoms with Gasteiger partial charge in [0.05, 0.1) is 16.9 Å². The van der Waals surface area contributed by atoms with Gasteiger partial charge < -0.3 is 0 Å². The van der Waals surface area contributed by atoms with Crippen LogP contribution in [-0.2, 0) is 0 Å². The molecule has 0 aliphatic carbocycles. The minimum Gasteiger partial charge on any atom is -0.278 e.